The number of amidine groups is 1. The SMILES string of the molecule is CC(C)c1ccccc1N1C(=O)CSC1=NC(=O)Nc1ccc(-c2nc(NC(=O)C3CC3)n(-c3ccc(OC(F)(F)F)cc3)n2)cc1. The van der Waals surface area contributed by atoms with E-state index in [1.807, 2.05) is 38.1 Å². The smallest absolute Gasteiger partial charge is 0.406 e. The highest BCUT2D eigenvalue weighted by atomic mass is 32.2. The Morgan fingerprint density at radius 1 is 1.00 bits per heavy atom. The van der Waals surface area contributed by atoms with Gasteiger partial charge in [-0.1, -0.05) is 43.8 Å². The number of carbonyl (C=O) groups excluding carboxylic acids is 3. The lowest BCUT2D eigenvalue weighted by Crippen LogP contribution is -2.31. The summed E-state index contributed by atoms with van der Waals surface area (Å²) < 4.78 is 43.1. The fraction of sp³-hybridized carbons (Fsp3) is 0.250. The molecule has 2 aliphatic rings. The van der Waals surface area contributed by atoms with Gasteiger partial charge in [-0.3, -0.25) is 19.8 Å². The Bertz CT molecular complexity index is 1850. The highest BCUT2D eigenvalue weighted by molar-refractivity contribution is 8.15. The molecule has 4 aromatic rings. The molecule has 2 fully saturated rings. The van der Waals surface area contributed by atoms with Gasteiger partial charge in [0, 0.05) is 17.2 Å². The minimum Gasteiger partial charge on any atom is -0.406 e. The first-order valence-electron chi connectivity index (χ1n) is 14.6. The number of ether oxygens (including phenoxy) is 1. The summed E-state index contributed by atoms with van der Waals surface area (Å²) in [6, 6.07) is 18.4. The quantitative estimate of drug-likeness (QED) is 0.208. The largest absolute Gasteiger partial charge is 0.573 e. The van der Waals surface area contributed by atoms with Crippen molar-refractivity contribution in [1.82, 2.24) is 14.8 Å². The number of alkyl halides is 3. The summed E-state index contributed by atoms with van der Waals surface area (Å²) in [5.74, 6) is -0.273. The van der Waals surface area contributed by atoms with E-state index in [1.54, 1.807) is 24.3 Å². The van der Waals surface area contributed by atoms with Crippen molar-refractivity contribution in [3.63, 3.8) is 0 Å². The van der Waals surface area contributed by atoms with Crippen LogP contribution in [0.2, 0.25) is 0 Å². The van der Waals surface area contributed by atoms with Gasteiger partial charge < -0.3 is 10.1 Å². The molecule has 2 heterocycles. The van der Waals surface area contributed by atoms with Gasteiger partial charge in [0.15, 0.2) is 11.0 Å². The van der Waals surface area contributed by atoms with Gasteiger partial charge in [0.2, 0.25) is 17.8 Å². The molecule has 6 rings (SSSR count). The van der Waals surface area contributed by atoms with Crippen molar-refractivity contribution in [2.24, 2.45) is 10.9 Å². The summed E-state index contributed by atoms with van der Waals surface area (Å²) >= 11 is 1.19. The summed E-state index contributed by atoms with van der Waals surface area (Å²) in [5.41, 5.74) is 2.97. The molecular formula is C32H28F3N7O4S. The van der Waals surface area contributed by atoms with Crippen LogP contribution in [0, 0.1) is 5.92 Å². The maximum absolute atomic E-state index is 12.9. The molecule has 242 valence electrons. The molecule has 4 amide bonds. The number of hydrogen-bond acceptors (Lipinski definition) is 7. The van der Waals surface area contributed by atoms with Crippen LogP contribution in [-0.2, 0) is 9.59 Å². The van der Waals surface area contributed by atoms with E-state index in [1.165, 1.54) is 33.5 Å². The third-order valence-electron chi connectivity index (χ3n) is 7.26. The third kappa shape index (κ3) is 7.46. The number of aliphatic imine (C=N–C) groups is 1. The Balaban J connectivity index is 1.20. The maximum Gasteiger partial charge on any atom is 0.573 e. The maximum atomic E-state index is 12.9. The van der Waals surface area contributed by atoms with Gasteiger partial charge in [-0.2, -0.15) is 14.7 Å². The van der Waals surface area contributed by atoms with Crippen molar-refractivity contribution in [2.75, 3.05) is 21.3 Å². The Morgan fingerprint density at radius 3 is 2.36 bits per heavy atom. The van der Waals surface area contributed by atoms with Crippen LogP contribution in [0.3, 0.4) is 0 Å². The number of rotatable bonds is 8. The van der Waals surface area contributed by atoms with Crippen LogP contribution in [0.1, 0.15) is 38.2 Å². The highest BCUT2D eigenvalue weighted by Crippen LogP contribution is 2.34. The number of nitrogens with zero attached hydrogens (tertiary/aromatic N) is 5. The van der Waals surface area contributed by atoms with Crippen molar-refractivity contribution in [3.8, 4) is 22.8 Å². The van der Waals surface area contributed by atoms with Crippen molar-refractivity contribution < 1.29 is 32.3 Å². The average Bonchev–Trinajstić information content (AvgIpc) is 3.71. The van der Waals surface area contributed by atoms with Crippen molar-refractivity contribution in [3.05, 3.63) is 78.4 Å². The molecule has 0 atom stereocenters. The van der Waals surface area contributed by atoms with Crippen LogP contribution in [0.4, 0.5) is 35.3 Å². The van der Waals surface area contributed by atoms with E-state index < -0.39 is 18.1 Å². The molecule has 11 nitrogen and oxygen atoms in total. The first kappa shape index (κ1) is 31.8. The molecule has 1 saturated heterocycles. The van der Waals surface area contributed by atoms with E-state index in [9.17, 15) is 27.6 Å². The van der Waals surface area contributed by atoms with Gasteiger partial charge in [0.25, 0.3) is 0 Å². The zero-order chi connectivity index (χ0) is 33.3. The van der Waals surface area contributed by atoms with Crippen LogP contribution in [0.25, 0.3) is 17.1 Å². The standard InChI is InChI=1S/C32H28F3N7O4S/c1-18(2)24-5-3-4-6-25(24)41-26(43)17-47-31(41)39-30(45)36-21-11-9-19(10-12-21)27-37-29(38-28(44)20-7-8-20)42(40-27)22-13-15-23(16-14-22)46-32(33,34)35/h3-6,9-16,18,20H,7-8,17H2,1-2H3,(H,36,45)(H,37,38,40,44). The fourth-order valence-electron chi connectivity index (χ4n) is 4.84. The van der Waals surface area contributed by atoms with E-state index in [4.69, 9.17) is 0 Å². The normalized spacial score (nSPS) is 15.7. The monoisotopic (exact) mass is 663 g/mol. The second-order valence-electron chi connectivity index (χ2n) is 11.1. The van der Waals surface area contributed by atoms with E-state index in [-0.39, 0.29) is 46.3 Å². The number of amides is 4. The minimum atomic E-state index is -4.83. The fourth-order valence-corrected chi connectivity index (χ4v) is 5.70. The molecule has 0 unspecified atom stereocenters. The second kappa shape index (κ2) is 12.9. The van der Waals surface area contributed by atoms with E-state index in [0.717, 1.165) is 30.5 Å². The molecule has 1 aliphatic carbocycles. The van der Waals surface area contributed by atoms with Crippen LogP contribution in [-0.4, -0.2) is 49.9 Å². The number of halogens is 3. The average molecular weight is 664 g/mol. The van der Waals surface area contributed by atoms with Crippen LogP contribution in [0.15, 0.2) is 77.8 Å². The van der Waals surface area contributed by atoms with Gasteiger partial charge >= 0.3 is 12.4 Å². The zero-order valence-electron chi connectivity index (χ0n) is 25.1. The number of carbonyl (C=O) groups is 3. The molecule has 2 N–H and O–H groups in total. The van der Waals surface area contributed by atoms with E-state index >= 15 is 0 Å². The predicted octanol–water partition coefficient (Wildman–Crippen LogP) is 6.97. The Kier molecular flexibility index (Phi) is 8.73. The molecule has 47 heavy (non-hydrogen) atoms. The van der Waals surface area contributed by atoms with Crippen molar-refractivity contribution in [2.45, 2.75) is 39.0 Å². The van der Waals surface area contributed by atoms with Gasteiger partial charge in [0.1, 0.15) is 5.75 Å². The lowest BCUT2D eigenvalue weighted by atomic mass is 10.0. The van der Waals surface area contributed by atoms with E-state index in [2.05, 4.69) is 30.4 Å². The first-order chi connectivity index (χ1) is 22.4. The number of urea groups is 1. The lowest BCUT2D eigenvalue weighted by Gasteiger charge is -2.21. The Labute approximate surface area is 271 Å². The predicted molar refractivity (Wildman–Crippen MR) is 172 cm³/mol. The third-order valence-corrected chi connectivity index (χ3v) is 8.19. The summed E-state index contributed by atoms with van der Waals surface area (Å²) in [5, 5.41) is 10.2. The lowest BCUT2D eigenvalue weighted by molar-refractivity contribution is -0.274. The summed E-state index contributed by atoms with van der Waals surface area (Å²) in [7, 11) is 0. The van der Waals surface area contributed by atoms with Crippen LogP contribution in [0.5, 0.6) is 5.75 Å². The summed E-state index contributed by atoms with van der Waals surface area (Å²) in [6.07, 6.45) is -3.32. The molecular weight excluding hydrogens is 635 g/mol. The molecule has 3 aromatic carbocycles. The number of thioether (sulfide) groups is 1. The van der Waals surface area contributed by atoms with Gasteiger partial charge in [0.05, 0.1) is 17.1 Å². The topological polar surface area (TPSA) is 131 Å². The highest BCUT2D eigenvalue weighted by Gasteiger charge is 2.33. The number of anilines is 3. The molecule has 15 heteroatoms. The molecule has 1 aromatic heterocycles. The molecule has 1 saturated carbocycles. The minimum absolute atomic E-state index is 0.0989. The first-order valence-corrected chi connectivity index (χ1v) is 15.6. The van der Waals surface area contributed by atoms with Gasteiger partial charge in [-0.05, 0) is 78.9 Å². The van der Waals surface area contributed by atoms with Crippen molar-refractivity contribution >= 4 is 52.1 Å². The summed E-state index contributed by atoms with van der Waals surface area (Å²) in [4.78, 5) is 48.3. The molecule has 0 bridgehead atoms. The Morgan fingerprint density at radius 2 is 1.70 bits per heavy atom. The number of para-hydroxylation sites is 1. The van der Waals surface area contributed by atoms with Crippen LogP contribution < -0.4 is 20.3 Å². The van der Waals surface area contributed by atoms with Crippen molar-refractivity contribution in [1.29, 1.82) is 0 Å². The summed E-state index contributed by atoms with van der Waals surface area (Å²) in [6.45, 7) is 4.05. The zero-order valence-corrected chi connectivity index (χ0v) is 25.9. The van der Waals surface area contributed by atoms with E-state index in [0.29, 0.717) is 22.6 Å². The Hall–Kier alpha value is -5.18. The van der Waals surface area contributed by atoms with Crippen LogP contribution >= 0.6 is 11.8 Å². The van der Waals surface area contributed by atoms with Gasteiger partial charge in [-0.15, -0.1) is 18.3 Å². The number of hydrogen-bond donors (Lipinski definition) is 2. The molecule has 0 spiro atoms. The number of aromatic nitrogens is 3. The molecule has 1 aliphatic heterocycles. The number of benzene rings is 3. The molecule has 0 radical (unpaired) electrons. The second-order valence-corrected chi connectivity index (χ2v) is 12.1. The number of nitrogens with one attached hydrogen (secondary N) is 2. The van der Waals surface area contributed by atoms with Gasteiger partial charge in [-0.25, -0.2) is 4.79 Å².